The highest BCUT2D eigenvalue weighted by atomic mass is 16.6. The third-order valence-corrected chi connectivity index (χ3v) is 8.74. The lowest BCUT2D eigenvalue weighted by molar-refractivity contribution is -0.147. The molecule has 6 unspecified atom stereocenters. The van der Waals surface area contributed by atoms with Crippen molar-refractivity contribution in [2.24, 2.45) is 23.2 Å². The molecular formula is C24H31NO3. The van der Waals surface area contributed by atoms with Crippen LogP contribution in [0.15, 0.2) is 24.3 Å². The first kappa shape index (κ1) is 17.5. The van der Waals surface area contributed by atoms with Gasteiger partial charge < -0.3 is 9.47 Å². The number of nitrogens with zero attached hydrogens (tertiary/aromatic N) is 1. The van der Waals surface area contributed by atoms with E-state index in [0.717, 1.165) is 45.5 Å². The standard InChI is InChI=1S/C24H31NO3/c1-23-8-4-9-24(15-27-24)21(23)11-18-19(22(26)28-20(18)12-23)14-25-10-7-16-5-2-3-6-17(16)13-25/h2-3,5-6,18-21H,4,7-15H2,1H3. The fourth-order valence-electron chi connectivity index (χ4n) is 7.15. The summed E-state index contributed by atoms with van der Waals surface area (Å²) in [5, 5.41) is 0. The van der Waals surface area contributed by atoms with E-state index in [9.17, 15) is 4.79 Å². The quantitative estimate of drug-likeness (QED) is 0.580. The summed E-state index contributed by atoms with van der Waals surface area (Å²) in [7, 11) is 0. The Morgan fingerprint density at radius 1 is 1.21 bits per heavy atom. The molecule has 0 aromatic heterocycles. The molecule has 2 saturated carbocycles. The molecule has 5 aliphatic rings. The van der Waals surface area contributed by atoms with Gasteiger partial charge in [0.05, 0.1) is 18.1 Å². The smallest absolute Gasteiger partial charge is 0.310 e. The molecule has 1 aromatic carbocycles. The van der Waals surface area contributed by atoms with Crippen LogP contribution in [0.1, 0.15) is 50.2 Å². The Kier molecular flexibility index (Phi) is 3.78. The summed E-state index contributed by atoms with van der Waals surface area (Å²) in [6, 6.07) is 8.74. The van der Waals surface area contributed by atoms with Gasteiger partial charge in [-0.2, -0.15) is 0 Å². The highest BCUT2D eigenvalue weighted by Crippen LogP contribution is 2.62. The van der Waals surface area contributed by atoms with E-state index in [4.69, 9.17) is 9.47 Å². The van der Waals surface area contributed by atoms with E-state index in [-0.39, 0.29) is 29.0 Å². The topological polar surface area (TPSA) is 42.1 Å². The average molecular weight is 382 g/mol. The largest absolute Gasteiger partial charge is 0.462 e. The highest BCUT2D eigenvalue weighted by molar-refractivity contribution is 5.75. The molecule has 4 heteroatoms. The Morgan fingerprint density at radius 3 is 2.86 bits per heavy atom. The van der Waals surface area contributed by atoms with Crippen LogP contribution in [0.4, 0.5) is 0 Å². The highest BCUT2D eigenvalue weighted by Gasteiger charge is 2.65. The van der Waals surface area contributed by atoms with E-state index >= 15 is 0 Å². The number of carbonyl (C=O) groups excluding carboxylic acids is 1. The first-order valence-electron chi connectivity index (χ1n) is 11.2. The normalized spacial score (nSPS) is 44.5. The van der Waals surface area contributed by atoms with Crippen molar-refractivity contribution in [3.63, 3.8) is 0 Å². The molecule has 0 N–H and O–H groups in total. The van der Waals surface area contributed by atoms with Gasteiger partial charge in [-0.3, -0.25) is 9.69 Å². The van der Waals surface area contributed by atoms with Crippen molar-refractivity contribution >= 4 is 5.97 Å². The molecule has 1 spiro atoms. The number of rotatable bonds is 2. The van der Waals surface area contributed by atoms with Gasteiger partial charge in [-0.1, -0.05) is 31.2 Å². The average Bonchev–Trinajstić information content (AvgIpc) is 3.39. The first-order valence-corrected chi connectivity index (χ1v) is 11.2. The lowest BCUT2D eigenvalue weighted by Gasteiger charge is -2.51. The minimum atomic E-state index is 0.0394. The molecule has 1 aromatic rings. The summed E-state index contributed by atoms with van der Waals surface area (Å²) in [6.07, 6.45) is 7.10. The van der Waals surface area contributed by atoms with Gasteiger partial charge in [0.25, 0.3) is 0 Å². The number of hydrogen-bond acceptors (Lipinski definition) is 4. The second-order valence-corrected chi connectivity index (χ2v) is 10.4. The summed E-state index contributed by atoms with van der Waals surface area (Å²) >= 11 is 0. The van der Waals surface area contributed by atoms with Crippen molar-refractivity contribution in [3.8, 4) is 0 Å². The second-order valence-electron chi connectivity index (χ2n) is 10.4. The number of hydrogen-bond donors (Lipinski definition) is 0. The van der Waals surface area contributed by atoms with Crippen LogP contribution in [0.5, 0.6) is 0 Å². The van der Waals surface area contributed by atoms with Gasteiger partial charge >= 0.3 is 5.97 Å². The maximum Gasteiger partial charge on any atom is 0.310 e. The minimum absolute atomic E-state index is 0.0394. The number of esters is 1. The SMILES string of the molecule is CC12CCCC3(CO3)C1CC1C(C2)OC(=O)C1CN1CCc2ccccc2C1. The molecule has 6 rings (SSSR count). The molecule has 2 saturated heterocycles. The molecule has 0 radical (unpaired) electrons. The molecule has 6 atom stereocenters. The van der Waals surface area contributed by atoms with Gasteiger partial charge in [0.2, 0.25) is 0 Å². The monoisotopic (exact) mass is 381 g/mol. The van der Waals surface area contributed by atoms with Crippen LogP contribution < -0.4 is 0 Å². The van der Waals surface area contributed by atoms with Gasteiger partial charge in [0, 0.05) is 25.6 Å². The zero-order valence-corrected chi connectivity index (χ0v) is 16.9. The molecule has 0 bridgehead atoms. The summed E-state index contributed by atoms with van der Waals surface area (Å²) < 4.78 is 12.0. The second kappa shape index (κ2) is 6.06. The van der Waals surface area contributed by atoms with E-state index < -0.39 is 0 Å². The predicted molar refractivity (Wildman–Crippen MR) is 106 cm³/mol. The zero-order chi connectivity index (χ0) is 18.9. The van der Waals surface area contributed by atoms with Crippen LogP contribution in [-0.4, -0.2) is 42.3 Å². The lowest BCUT2D eigenvalue weighted by Crippen LogP contribution is -2.51. The third kappa shape index (κ3) is 2.60. The predicted octanol–water partition coefficient (Wildman–Crippen LogP) is 3.57. The van der Waals surface area contributed by atoms with Crippen molar-refractivity contribution in [2.75, 3.05) is 19.7 Å². The van der Waals surface area contributed by atoms with Crippen molar-refractivity contribution < 1.29 is 14.3 Å². The molecule has 0 amide bonds. The molecule has 150 valence electrons. The number of ether oxygens (including phenoxy) is 2. The Balaban J connectivity index is 1.21. The molecule has 28 heavy (non-hydrogen) atoms. The Hall–Kier alpha value is -1.39. The molecule has 2 aliphatic carbocycles. The van der Waals surface area contributed by atoms with E-state index in [1.807, 2.05) is 0 Å². The maximum atomic E-state index is 12.9. The summed E-state index contributed by atoms with van der Waals surface area (Å²) in [5.41, 5.74) is 3.31. The number of fused-ring (bicyclic) bond motifs is 4. The Morgan fingerprint density at radius 2 is 2.04 bits per heavy atom. The molecule has 4 fully saturated rings. The zero-order valence-electron chi connectivity index (χ0n) is 16.9. The van der Waals surface area contributed by atoms with Gasteiger partial charge in [0.1, 0.15) is 6.10 Å². The molecule has 4 nitrogen and oxygen atoms in total. The van der Waals surface area contributed by atoms with Gasteiger partial charge in [0.15, 0.2) is 0 Å². The van der Waals surface area contributed by atoms with Crippen LogP contribution in [-0.2, 0) is 27.2 Å². The lowest BCUT2D eigenvalue weighted by atomic mass is 9.53. The Bertz CT molecular complexity index is 803. The van der Waals surface area contributed by atoms with Crippen LogP contribution in [0.25, 0.3) is 0 Å². The van der Waals surface area contributed by atoms with E-state index in [1.165, 1.54) is 30.4 Å². The van der Waals surface area contributed by atoms with Crippen molar-refractivity contribution in [1.82, 2.24) is 4.90 Å². The summed E-state index contributed by atoms with van der Waals surface area (Å²) in [5.74, 6) is 1.08. The van der Waals surface area contributed by atoms with Crippen LogP contribution in [0.3, 0.4) is 0 Å². The van der Waals surface area contributed by atoms with E-state index in [1.54, 1.807) is 0 Å². The van der Waals surface area contributed by atoms with Crippen LogP contribution in [0, 0.1) is 23.2 Å². The third-order valence-electron chi connectivity index (χ3n) is 8.74. The number of benzene rings is 1. The van der Waals surface area contributed by atoms with E-state index in [2.05, 4.69) is 36.1 Å². The number of carbonyl (C=O) groups is 1. The van der Waals surface area contributed by atoms with Crippen LogP contribution in [0.2, 0.25) is 0 Å². The maximum absolute atomic E-state index is 12.9. The first-order chi connectivity index (χ1) is 13.6. The number of epoxide rings is 1. The van der Waals surface area contributed by atoms with Crippen molar-refractivity contribution in [1.29, 1.82) is 0 Å². The molecule has 3 heterocycles. The van der Waals surface area contributed by atoms with Crippen molar-refractivity contribution in [3.05, 3.63) is 35.4 Å². The fraction of sp³-hybridized carbons (Fsp3) is 0.708. The fourth-order valence-corrected chi connectivity index (χ4v) is 7.15. The minimum Gasteiger partial charge on any atom is -0.462 e. The van der Waals surface area contributed by atoms with Crippen LogP contribution >= 0.6 is 0 Å². The van der Waals surface area contributed by atoms with Gasteiger partial charge in [-0.15, -0.1) is 0 Å². The molecular weight excluding hydrogens is 350 g/mol. The summed E-state index contributed by atoms with van der Waals surface area (Å²) in [6.45, 7) is 6.23. The summed E-state index contributed by atoms with van der Waals surface area (Å²) in [4.78, 5) is 15.3. The van der Waals surface area contributed by atoms with Gasteiger partial charge in [-0.25, -0.2) is 0 Å². The van der Waals surface area contributed by atoms with E-state index in [0.29, 0.717) is 11.8 Å². The Labute approximate surface area is 167 Å². The molecule has 3 aliphatic heterocycles. The van der Waals surface area contributed by atoms with Gasteiger partial charge in [-0.05, 0) is 61.0 Å². The van der Waals surface area contributed by atoms with Crippen molar-refractivity contribution in [2.45, 2.75) is 63.7 Å².